The lowest BCUT2D eigenvalue weighted by Gasteiger charge is -2.24. The highest BCUT2D eigenvalue weighted by Crippen LogP contribution is 2.18. The fourth-order valence-corrected chi connectivity index (χ4v) is 1.50. The normalized spacial score (nSPS) is 12.0. The molecular formula is C14H31NO3. The van der Waals surface area contributed by atoms with E-state index in [0.29, 0.717) is 31.8 Å². The highest BCUT2D eigenvalue weighted by molar-refractivity contribution is 4.71. The van der Waals surface area contributed by atoms with Gasteiger partial charge in [-0.2, -0.15) is 0 Å². The summed E-state index contributed by atoms with van der Waals surface area (Å²) in [6, 6.07) is 0. The summed E-state index contributed by atoms with van der Waals surface area (Å²) in [6.07, 6.45) is 2.26. The molecule has 0 aliphatic rings. The molecule has 0 aromatic carbocycles. The van der Waals surface area contributed by atoms with Crippen molar-refractivity contribution in [3.8, 4) is 0 Å². The molecule has 0 radical (unpaired) electrons. The molecule has 0 bridgehead atoms. The second kappa shape index (κ2) is 11.9. The number of hydrogen-bond acceptors (Lipinski definition) is 4. The van der Waals surface area contributed by atoms with E-state index in [-0.39, 0.29) is 0 Å². The predicted molar refractivity (Wildman–Crippen MR) is 75.1 cm³/mol. The number of rotatable bonds is 13. The SMILES string of the molecule is CCCNCC(C)(C)CCOCCOCCOC. The molecule has 0 amide bonds. The van der Waals surface area contributed by atoms with Gasteiger partial charge in [-0.05, 0) is 24.8 Å². The van der Waals surface area contributed by atoms with Crippen molar-refractivity contribution in [2.45, 2.75) is 33.6 Å². The Bertz CT molecular complexity index is 174. The predicted octanol–water partition coefficient (Wildman–Crippen LogP) is 2.08. The summed E-state index contributed by atoms with van der Waals surface area (Å²) in [4.78, 5) is 0. The van der Waals surface area contributed by atoms with Gasteiger partial charge in [0.25, 0.3) is 0 Å². The van der Waals surface area contributed by atoms with Gasteiger partial charge in [0.2, 0.25) is 0 Å². The Labute approximate surface area is 112 Å². The molecule has 0 aliphatic carbocycles. The maximum atomic E-state index is 5.56. The molecule has 0 rings (SSSR count). The zero-order valence-electron chi connectivity index (χ0n) is 12.6. The van der Waals surface area contributed by atoms with Gasteiger partial charge in [0.1, 0.15) is 0 Å². The first-order valence-electron chi connectivity index (χ1n) is 6.97. The number of hydrogen-bond donors (Lipinski definition) is 1. The van der Waals surface area contributed by atoms with Gasteiger partial charge < -0.3 is 19.5 Å². The lowest BCUT2D eigenvalue weighted by molar-refractivity contribution is 0.0185. The van der Waals surface area contributed by atoms with Crippen molar-refractivity contribution in [3.63, 3.8) is 0 Å². The summed E-state index contributed by atoms with van der Waals surface area (Å²) < 4.78 is 15.8. The summed E-state index contributed by atoms with van der Waals surface area (Å²) in [5.41, 5.74) is 0.298. The molecule has 0 fully saturated rings. The van der Waals surface area contributed by atoms with Crippen LogP contribution in [-0.4, -0.2) is 53.2 Å². The third-order valence-corrected chi connectivity index (χ3v) is 2.76. The van der Waals surface area contributed by atoms with Crippen LogP contribution in [0.15, 0.2) is 0 Å². The molecule has 0 unspecified atom stereocenters. The zero-order chi connectivity index (χ0) is 13.7. The van der Waals surface area contributed by atoms with Gasteiger partial charge in [0, 0.05) is 20.3 Å². The molecule has 0 saturated carbocycles. The van der Waals surface area contributed by atoms with Crippen LogP contribution in [0.2, 0.25) is 0 Å². The molecule has 4 heteroatoms. The number of nitrogens with one attached hydrogen (secondary N) is 1. The molecule has 0 spiro atoms. The standard InChI is InChI=1S/C14H31NO3/c1-5-7-15-13-14(2,3)6-8-17-11-12-18-10-9-16-4/h15H,5-13H2,1-4H3. The van der Waals surface area contributed by atoms with Crippen molar-refractivity contribution in [1.29, 1.82) is 0 Å². The highest BCUT2D eigenvalue weighted by Gasteiger charge is 2.16. The number of methoxy groups -OCH3 is 1. The van der Waals surface area contributed by atoms with Gasteiger partial charge in [0.05, 0.1) is 26.4 Å². The van der Waals surface area contributed by atoms with Crippen LogP contribution in [0.5, 0.6) is 0 Å². The first-order valence-corrected chi connectivity index (χ1v) is 6.97. The Hall–Kier alpha value is -0.160. The molecule has 0 aromatic heterocycles. The molecule has 1 N–H and O–H groups in total. The first-order chi connectivity index (χ1) is 8.62. The number of ether oxygens (including phenoxy) is 3. The van der Waals surface area contributed by atoms with Crippen molar-refractivity contribution in [2.75, 3.05) is 53.2 Å². The Balaban J connectivity index is 3.30. The van der Waals surface area contributed by atoms with Gasteiger partial charge in [0.15, 0.2) is 0 Å². The Kier molecular flexibility index (Phi) is 11.8. The van der Waals surface area contributed by atoms with Gasteiger partial charge in [-0.15, -0.1) is 0 Å². The summed E-state index contributed by atoms with van der Waals surface area (Å²) >= 11 is 0. The lowest BCUT2D eigenvalue weighted by Crippen LogP contribution is -2.31. The molecule has 110 valence electrons. The van der Waals surface area contributed by atoms with Crippen LogP contribution < -0.4 is 5.32 Å². The average molecular weight is 261 g/mol. The monoisotopic (exact) mass is 261 g/mol. The van der Waals surface area contributed by atoms with Crippen LogP contribution in [0.25, 0.3) is 0 Å². The quantitative estimate of drug-likeness (QED) is 0.515. The average Bonchev–Trinajstić information content (AvgIpc) is 2.33. The van der Waals surface area contributed by atoms with Crippen LogP contribution >= 0.6 is 0 Å². The van der Waals surface area contributed by atoms with E-state index in [1.165, 1.54) is 6.42 Å². The van der Waals surface area contributed by atoms with Crippen molar-refractivity contribution in [2.24, 2.45) is 5.41 Å². The van der Waals surface area contributed by atoms with Gasteiger partial charge in [-0.25, -0.2) is 0 Å². The molecule has 0 saturated heterocycles. The topological polar surface area (TPSA) is 39.7 Å². The van der Waals surface area contributed by atoms with Gasteiger partial charge in [-0.1, -0.05) is 20.8 Å². The lowest BCUT2D eigenvalue weighted by atomic mass is 9.90. The smallest absolute Gasteiger partial charge is 0.0701 e. The third-order valence-electron chi connectivity index (χ3n) is 2.76. The first kappa shape index (κ1) is 17.8. The fraction of sp³-hybridized carbons (Fsp3) is 1.00. The second-order valence-corrected chi connectivity index (χ2v) is 5.31. The van der Waals surface area contributed by atoms with Crippen molar-refractivity contribution >= 4 is 0 Å². The van der Waals surface area contributed by atoms with E-state index in [1.54, 1.807) is 7.11 Å². The second-order valence-electron chi connectivity index (χ2n) is 5.31. The van der Waals surface area contributed by atoms with Crippen LogP contribution in [0.3, 0.4) is 0 Å². The van der Waals surface area contributed by atoms with Crippen LogP contribution in [-0.2, 0) is 14.2 Å². The summed E-state index contributed by atoms with van der Waals surface area (Å²) in [5, 5.41) is 3.46. The van der Waals surface area contributed by atoms with Crippen LogP contribution in [0.1, 0.15) is 33.6 Å². The minimum Gasteiger partial charge on any atom is -0.382 e. The van der Waals surface area contributed by atoms with Crippen molar-refractivity contribution < 1.29 is 14.2 Å². The molecule has 18 heavy (non-hydrogen) atoms. The van der Waals surface area contributed by atoms with Crippen molar-refractivity contribution in [3.05, 3.63) is 0 Å². The minimum atomic E-state index is 0.298. The summed E-state index contributed by atoms with van der Waals surface area (Å²) in [6.45, 7) is 12.3. The van der Waals surface area contributed by atoms with Crippen LogP contribution in [0.4, 0.5) is 0 Å². The molecule has 0 heterocycles. The minimum absolute atomic E-state index is 0.298. The van der Waals surface area contributed by atoms with E-state index in [4.69, 9.17) is 14.2 Å². The Morgan fingerprint density at radius 3 is 2.17 bits per heavy atom. The summed E-state index contributed by atoms with van der Waals surface area (Å²) in [5.74, 6) is 0. The maximum Gasteiger partial charge on any atom is 0.0701 e. The Morgan fingerprint density at radius 1 is 0.944 bits per heavy atom. The zero-order valence-corrected chi connectivity index (χ0v) is 12.6. The van der Waals surface area contributed by atoms with Gasteiger partial charge >= 0.3 is 0 Å². The highest BCUT2D eigenvalue weighted by atomic mass is 16.5. The molecule has 4 nitrogen and oxygen atoms in total. The van der Waals surface area contributed by atoms with Crippen LogP contribution in [0, 0.1) is 5.41 Å². The van der Waals surface area contributed by atoms with Crippen molar-refractivity contribution in [1.82, 2.24) is 5.32 Å². The van der Waals surface area contributed by atoms with Gasteiger partial charge in [-0.3, -0.25) is 0 Å². The maximum absolute atomic E-state index is 5.56. The molecular weight excluding hydrogens is 230 g/mol. The molecule has 0 atom stereocenters. The Morgan fingerprint density at radius 2 is 1.56 bits per heavy atom. The molecule has 0 aromatic rings. The van der Waals surface area contributed by atoms with E-state index < -0.39 is 0 Å². The molecule has 0 aliphatic heterocycles. The third kappa shape index (κ3) is 12.3. The summed E-state index contributed by atoms with van der Waals surface area (Å²) in [7, 11) is 1.68. The largest absolute Gasteiger partial charge is 0.382 e. The fourth-order valence-electron chi connectivity index (χ4n) is 1.50. The van der Waals surface area contributed by atoms with E-state index in [9.17, 15) is 0 Å². The van der Waals surface area contributed by atoms with E-state index >= 15 is 0 Å². The van der Waals surface area contributed by atoms with E-state index in [2.05, 4.69) is 26.1 Å². The van der Waals surface area contributed by atoms with E-state index in [0.717, 1.165) is 26.1 Å². The van der Waals surface area contributed by atoms with E-state index in [1.807, 2.05) is 0 Å².